The molecule has 0 amide bonds. The second kappa shape index (κ2) is 8.94. The Labute approximate surface area is 118 Å². The van der Waals surface area contributed by atoms with Crippen LogP contribution in [0.3, 0.4) is 0 Å². The molecule has 0 bridgehead atoms. The summed E-state index contributed by atoms with van der Waals surface area (Å²) in [5.41, 5.74) is 2.61. The van der Waals surface area contributed by atoms with Crippen LogP contribution in [0.15, 0.2) is 18.2 Å². The molecule has 0 aliphatic carbocycles. The van der Waals surface area contributed by atoms with E-state index >= 15 is 0 Å². The van der Waals surface area contributed by atoms with E-state index in [2.05, 4.69) is 49.2 Å². The van der Waals surface area contributed by atoms with Crippen molar-refractivity contribution in [2.24, 2.45) is 0 Å². The van der Waals surface area contributed by atoms with Gasteiger partial charge in [0.05, 0.1) is 7.11 Å². The van der Waals surface area contributed by atoms with Gasteiger partial charge in [0, 0.05) is 18.7 Å². The Bertz CT molecular complexity index is 362. The summed E-state index contributed by atoms with van der Waals surface area (Å²) in [5.74, 6) is 0.992. The highest BCUT2D eigenvalue weighted by Crippen LogP contribution is 2.21. The van der Waals surface area contributed by atoms with Gasteiger partial charge < -0.3 is 10.1 Å². The van der Waals surface area contributed by atoms with Crippen molar-refractivity contribution in [2.45, 2.75) is 40.3 Å². The van der Waals surface area contributed by atoms with E-state index in [1.807, 2.05) is 0 Å². The third-order valence-electron chi connectivity index (χ3n) is 3.39. The average Bonchev–Trinajstić information content (AvgIpc) is 2.45. The summed E-state index contributed by atoms with van der Waals surface area (Å²) in [7, 11) is 1.75. The molecule has 19 heavy (non-hydrogen) atoms. The first-order chi connectivity index (χ1) is 9.24. The Balaban J connectivity index is 2.77. The van der Waals surface area contributed by atoms with Crippen LogP contribution in [-0.4, -0.2) is 31.6 Å². The number of methoxy groups -OCH3 is 1. The quantitative estimate of drug-likeness (QED) is 0.694. The number of hydrogen-bond acceptors (Lipinski definition) is 3. The lowest BCUT2D eigenvalue weighted by atomic mass is 10.1. The van der Waals surface area contributed by atoms with E-state index in [1.54, 1.807) is 7.11 Å². The summed E-state index contributed by atoms with van der Waals surface area (Å²) in [6.45, 7) is 11.7. The molecule has 3 heteroatoms. The van der Waals surface area contributed by atoms with Crippen LogP contribution in [0, 0.1) is 0 Å². The first-order valence-corrected chi connectivity index (χ1v) is 7.33. The molecule has 0 atom stereocenters. The molecule has 0 saturated heterocycles. The molecule has 0 aliphatic heterocycles. The second-order valence-electron chi connectivity index (χ2n) is 4.78. The Hall–Kier alpha value is -1.06. The molecule has 0 aromatic heterocycles. The van der Waals surface area contributed by atoms with Gasteiger partial charge in [-0.2, -0.15) is 0 Å². The van der Waals surface area contributed by atoms with Gasteiger partial charge in [0.1, 0.15) is 5.75 Å². The minimum Gasteiger partial charge on any atom is -0.496 e. The van der Waals surface area contributed by atoms with Gasteiger partial charge in [0.15, 0.2) is 0 Å². The van der Waals surface area contributed by atoms with Gasteiger partial charge in [-0.15, -0.1) is 0 Å². The van der Waals surface area contributed by atoms with Crippen molar-refractivity contribution in [3.8, 4) is 5.75 Å². The molecule has 0 saturated carbocycles. The highest BCUT2D eigenvalue weighted by atomic mass is 16.5. The molecular weight excluding hydrogens is 236 g/mol. The van der Waals surface area contributed by atoms with Crippen LogP contribution in [0.5, 0.6) is 5.75 Å². The molecule has 1 aromatic rings. The Morgan fingerprint density at radius 1 is 1.16 bits per heavy atom. The third-order valence-corrected chi connectivity index (χ3v) is 3.39. The largest absolute Gasteiger partial charge is 0.496 e. The van der Waals surface area contributed by atoms with Crippen molar-refractivity contribution in [3.05, 3.63) is 29.3 Å². The maximum Gasteiger partial charge on any atom is 0.123 e. The lowest BCUT2D eigenvalue weighted by Crippen LogP contribution is -2.22. The Morgan fingerprint density at radius 2 is 1.89 bits per heavy atom. The fraction of sp³-hybridized carbons (Fsp3) is 0.625. The molecule has 0 aliphatic rings. The number of hydrogen-bond donors (Lipinski definition) is 1. The van der Waals surface area contributed by atoms with Gasteiger partial charge in [-0.25, -0.2) is 0 Å². The van der Waals surface area contributed by atoms with Crippen LogP contribution in [-0.2, 0) is 13.1 Å². The topological polar surface area (TPSA) is 24.5 Å². The molecule has 3 nitrogen and oxygen atoms in total. The van der Waals surface area contributed by atoms with Gasteiger partial charge in [-0.3, -0.25) is 4.90 Å². The van der Waals surface area contributed by atoms with Crippen molar-refractivity contribution in [2.75, 3.05) is 26.7 Å². The maximum atomic E-state index is 5.47. The molecular formula is C16H28N2O. The summed E-state index contributed by atoms with van der Waals surface area (Å²) in [6.07, 6.45) is 1.17. The smallest absolute Gasteiger partial charge is 0.123 e. The van der Waals surface area contributed by atoms with Crippen LogP contribution in [0.1, 0.15) is 38.3 Å². The highest BCUT2D eigenvalue weighted by Gasteiger charge is 2.08. The first-order valence-electron chi connectivity index (χ1n) is 7.33. The second-order valence-corrected chi connectivity index (χ2v) is 4.78. The average molecular weight is 264 g/mol. The molecule has 0 radical (unpaired) electrons. The molecule has 0 heterocycles. The number of nitrogens with zero attached hydrogens (tertiary/aromatic N) is 1. The van der Waals surface area contributed by atoms with E-state index < -0.39 is 0 Å². The van der Waals surface area contributed by atoms with E-state index in [1.165, 1.54) is 17.5 Å². The predicted molar refractivity (Wildman–Crippen MR) is 81.6 cm³/mol. The zero-order valence-corrected chi connectivity index (χ0v) is 12.8. The summed E-state index contributed by atoms with van der Waals surface area (Å²) < 4.78 is 5.47. The summed E-state index contributed by atoms with van der Waals surface area (Å²) in [6, 6.07) is 6.49. The molecule has 1 rings (SSSR count). The van der Waals surface area contributed by atoms with Crippen LogP contribution in [0.2, 0.25) is 0 Å². The molecule has 0 unspecified atom stereocenters. The van der Waals surface area contributed by atoms with Crippen molar-refractivity contribution >= 4 is 0 Å². The van der Waals surface area contributed by atoms with Gasteiger partial charge in [0.2, 0.25) is 0 Å². The van der Waals surface area contributed by atoms with E-state index in [4.69, 9.17) is 4.74 Å². The van der Waals surface area contributed by atoms with Crippen LogP contribution in [0.25, 0.3) is 0 Å². The summed E-state index contributed by atoms with van der Waals surface area (Å²) in [5, 5.41) is 3.44. The van der Waals surface area contributed by atoms with E-state index in [0.717, 1.165) is 38.5 Å². The van der Waals surface area contributed by atoms with E-state index in [9.17, 15) is 0 Å². The van der Waals surface area contributed by atoms with Gasteiger partial charge in [-0.1, -0.05) is 26.8 Å². The van der Waals surface area contributed by atoms with Crippen LogP contribution in [0.4, 0.5) is 0 Å². The lowest BCUT2D eigenvalue weighted by Gasteiger charge is -2.20. The van der Waals surface area contributed by atoms with E-state index in [-0.39, 0.29) is 0 Å². The zero-order valence-electron chi connectivity index (χ0n) is 12.8. The molecule has 0 fully saturated rings. The fourth-order valence-electron chi connectivity index (χ4n) is 2.16. The molecule has 1 aromatic carbocycles. The van der Waals surface area contributed by atoms with Crippen molar-refractivity contribution in [1.82, 2.24) is 10.2 Å². The standard InChI is InChI=1S/C16H28N2O/c1-5-10-17-12-14-8-9-16(19-4)15(11-14)13-18(6-2)7-3/h8-9,11,17H,5-7,10,12-13H2,1-4H3. The van der Waals surface area contributed by atoms with Gasteiger partial charge in [0.25, 0.3) is 0 Å². The Kier molecular flexibility index (Phi) is 7.53. The molecule has 108 valence electrons. The van der Waals surface area contributed by atoms with Crippen LogP contribution >= 0.6 is 0 Å². The minimum atomic E-state index is 0.934. The normalized spacial score (nSPS) is 11.0. The summed E-state index contributed by atoms with van der Waals surface area (Å²) >= 11 is 0. The third kappa shape index (κ3) is 5.21. The van der Waals surface area contributed by atoms with Crippen molar-refractivity contribution < 1.29 is 4.74 Å². The molecule has 0 spiro atoms. The highest BCUT2D eigenvalue weighted by molar-refractivity contribution is 5.37. The first kappa shape index (κ1) is 16.0. The van der Waals surface area contributed by atoms with E-state index in [0.29, 0.717) is 0 Å². The SMILES string of the molecule is CCCNCc1ccc(OC)c(CN(CC)CC)c1. The minimum absolute atomic E-state index is 0.934. The predicted octanol–water partition coefficient (Wildman–Crippen LogP) is 3.04. The van der Waals surface area contributed by atoms with Crippen LogP contribution < -0.4 is 10.1 Å². The monoisotopic (exact) mass is 264 g/mol. The number of rotatable bonds is 9. The number of nitrogens with one attached hydrogen (secondary N) is 1. The fourth-order valence-corrected chi connectivity index (χ4v) is 2.16. The summed E-state index contributed by atoms with van der Waals surface area (Å²) in [4.78, 5) is 2.40. The number of ether oxygens (including phenoxy) is 1. The zero-order chi connectivity index (χ0) is 14.1. The number of benzene rings is 1. The van der Waals surface area contributed by atoms with Crippen molar-refractivity contribution in [1.29, 1.82) is 0 Å². The van der Waals surface area contributed by atoms with Crippen molar-refractivity contribution in [3.63, 3.8) is 0 Å². The maximum absolute atomic E-state index is 5.47. The van der Waals surface area contributed by atoms with Gasteiger partial charge >= 0.3 is 0 Å². The Morgan fingerprint density at radius 3 is 2.47 bits per heavy atom. The molecule has 1 N–H and O–H groups in total. The lowest BCUT2D eigenvalue weighted by molar-refractivity contribution is 0.289. The van der Waals surface area contributed by atoms with Gasteiger partial charge in [-0.05, 0) is 43.8 Å².